The molecule has 1 amide bonds. The van der Waals surface area contributed by atoms with Crippen LogP contribution in [-0.2, 0) is 14.3 Å². The average molecular weight is 1070 g/mol. The van der Waals surface area contributed by atoms with E-state index in [1.807, 2.05) is 6.08 Å². The topological polar surface area (TPSA) is 95.9 Å². The van der Waals surface area contributed by atoms with Crippen molar-refractivity contribution in [3.8, 4) is 0 Å². The Labute approximate surface area is 474 Å². The maximum absolute atomic E-state index is 12.5. The van der Waals surface area contributed by atoms with E-state index in [0.717, 1.165) is 51.4 Å². The molecule has 6 heteroatoms. The molecule has 0 fully saturated rings. The van der Waals surface area contributed by atoms with Crippen LogP contribution in [0.2, 0.25) is 0 Å². The number of allylic oxidation sites excluding steroid dienone is 6. The number of carbonyl (C=O) groups excluding carboxylic acids is 2. The van der Waals surface area contributed by atoms with Gasteiger partial charge in [-0.25, -0.2) is 0 Å². The number of esters is 1. The van der Waals surface area contributed by atoms with Gasteiger partial charge in [0.2, 0.25) is 5.91 Å². The molecule has 0 aliphatic carbocycles. The van der Waals surface area contributed by atoms with Crippen LogP contribution in [0.15, 0.2) is 48.6 Å². The summed E-state index contributed by atoms with van der Waals surface area (Å²) in [4.78, 5) is 24.6. The molecule has 0 aromatic carbocycles. The number of nitrogens with one attached hydrogen (secondary N) is 1. The van der Waals surface area contributed by atoms with Crippen molar-refractivity contribution >= 4 is 11.9 Å². The van der Waals surface area contributed by atoms with Crippen molar-refractivity contribution in [2.75, 3.05) is 13.2 Å². The lowest BCUT2D eigenvalue weighted by Gasteiger charge is -2.20. The van der Waals surface area contributed by atoms with Crippen molar-refractivity contribution in [1.82, 2.24) is 5.32 Å². The summed E-state index contributed by atoms with van der Waals surface area (Å²) in [7, 11) is 0. The first-order valence-corrected chi connectivity index (χ1v) is 33.9. The van der Waals surface area contributed by atoms with Crippen molar-refractivity contribution in [3.05, 3.63) is 48.6 Å². The Kier molecular flexibility index (Phi) is 63.5. The number of amides is 1. The van der Waals surface area contributed by atoms with Crippen molar-refractivity contribution in [2.24, 2.45) is 0 Å². The minimum atomic E-state index is -0.850. The molecule has 2 unspecified atom stereocenters. The van der Waals surface area contributed by atoms with E-state index < -0.39 is 12.1 Å². The van der Waals surface area contributed by atoms with Crippen LogP contribution in [0.3, 0.4) is 0 Å². The van der Waals surface area contributed by atoms with E-state index in [1.165, 1.54) is 283 Å². The molecule has 446 valence electrons. The summed E-state index contributed by atoms with van der Waals surface area (Å²) < 4.78 is 5.42. The van der Waals surface area contributed by atoms with E-state index in [9.17, 15) is 19.8 Å². The first-order chi connectivity index (χ1) is 37.5. The summed E-state index contributed by atoms with van der Waals surface area (Å²) >= 11 is 0. The van der Waals surface area contributed by atoms with E-state index in [1.54, 1.807) is 6.08 Å². The SMILES string of the molecule is CCCCCCCC/C=C\CCCCCCCC(=O)OCC/C=C\C/C=C\CCCCCCCCCCCCCCCCC(=O)NC(CO)C(O)/C=C/CCCCCCCCCCCCCCCCCCCCCCC. The summed E-state index contributed by atoms with van der Waals surface area (Å²) in [5, 5.41) is 23.2. The van der Waals surface area contributed by atoms with Gasteiger partial charge in [-0.2, -0.15) is 0 Å². The molecule has 0 aliphatic heterocycles. The molecular formula is C70H131NO5. The summed E-state index contributed by atoms with van der Waals surface area (Å²) in [5.41, 5.74) is 0. The Morgan fingerprint density at radius 2 is 0.658 bits per heavy atom. The zero-order chi connectivity index (χ0) is 55.0. The van der Waals surface area contributed by atoms with E-state index >= 15 is 0 Å². The van der Waals surface area contributed by atoms with Gasteiger partial charge >= 0.3 is 5.97 Å². The van der Waals surface area contributed by atoms with E-state index in [-0.39, 0.29) is 18.5 Å². The first-order valence-electron chi connectivity index (χ1n) is 33.9. The minimum absolute atomic E-state index is 0.0435. The first kappa shape index (κ1) is 73.8. The van der Waals surface area contributed by atoms with Gasteiger partial charge in [0.1, 0.15) is 0 Å². The Morgan fingerprint density at radius 1 is 0.368 bits per heavy atom. The minimum Gasteiger partial charge on any atom is -0.465 e. The average Bonchev–Trinajstić information content (AvgIpc) is 3.42. The maximum Gasteiger partial charge on any atom is 0.305 e. The lowest BCUT2D eigenvalue weighted by atomic mass is 10.0. The number of hydrogen-bond donors (Lipinski definition) is 3. The number of unbranched alkanes of at least 4 members (excludes halogenated alkanes) is 46. The maximum atomic E-state index is 12.5. The summed E-state index contributed by atoms with van der Waals surface area (Å²) in [6, 6.07) is -0.634. The zero-order valence-corrected chi connectivity index (χ0v) is 51.0. The number of hydrogen-bond acceptors (Lipinski definition) is 5. The molecule has 2 atom stereocenters. The largest absolute Gasteiger partial charge is 0.465 e. The Balaban J connectivity index is 3.48. The highest BCUT2D eigenvalue weighted by Gasteiger charge is 2.18. The summed E-state index contributed by atoms with van der Waals surface area (Å²) in [5.74, 6) is -0.113. The molecule has 0 radical (unpaired) electrons. The molecule has 0 aromatic rings. The standard InChI is InChI=1S/C70H131NO5/c1-3-5-7-9-11-13-15-17-19-20-21-22-23-25-28-31-35-38-42-46-50-54-58-62-68(73)67(66-72)71-69(74)63-59-55-51-47-43-39-36-32-29-26-24-27-30-33-37-41-45-49-53-57-61-65-76-70(75)64-60-56-52-48-44-40-34-18-16-14-12-10-8-6-4-2/h18,34,41,45,53,57-58,62,67-68,72-73H,3-17,19-33,35-40,42-44,46-52,54-56,59-61,63-66H2,1-2H3,(H,71,74)/b34-18-,45-41-,57-53-,62-58+. The molecule has 0 spiro atoms. The van der Waals surface area contributed by atoms with Gasteiger partial charge in [-0.15, -0.1) is 0 Å². The summed E-state index contributed by atoms with van der Waals surface area (Å²) in [6.07, 6.45) is 84.7. The van der Waals surface area contributed by atoms with Gasteiger partial charge in [-0.1, -0.05) is 319 Å². The second-order valence-electron chi connectivity index (χ2n) is 23.1. The monoisotopic (exact) mass is 1070 g/mol. The van der Waals surface area contributed by atoms with Crippen LogP contribution < -0.4 is 5.32 Å². The Hall–Kier alpha value is -2.18. The highest BCUT2D eigenvalue weighted by molar-refractivity contribution is 5.76. The molecule has 0 heterocycles. The van der Waals surface area contributed by atoms with E-state index in [0.29, 0.717) is 19.4 Å². The third-order valence-electron chi connectivity index (χ3n) is 15.6. The quantitative estimate of drug-likeness (QED) is 0.0320. The number of aliphatic hydroxyl groups excluding tert-OH is 2. The molecular weight excluding hydrogens is 935 g/mol. The van der Waals surface area contributed by atoms with E-state index in [4.69, 9.17) is 4.74 Å². The normalized spacial score (nSPS) is 12.8. The van der Waals surface area contributed by atoms with Crippen LogP contribution in [0.4, 0.5) is 0 Å². The molecule has 0 aliphatic rings. The van der Waals surface area contributed by atoms with Crippen molar-refractivity contribution in [3.63, 3.8) is 0 Å². The van der Waals surface area contributed by atoms with Gasteiger partial charge < -0.3 is 20.3 Å². The number of carbonyl (C=O) groups is 2. The second kappa shape index (κ2) is 65.3. The molecule has 0 aromatic heterocycles. The second-order valence-corrected chi connectivity index (χ2v) is 23.1. The highest BCUT2D eigenvalue weighted by atomic mass is 16.5. The van der Waals surface area contributed by atoms with Crippen molar-refractivity contribution < 1.29 is 24.5 Å². The lowest BCUT2D eigenvalue weighted by molar-refractivity contribution is -0.143. The Bertz CT molecular complexity index is 1270. The van der Waals surface area contributed by atoms with Gasteiger partial charge in [0.25, 0.3) is 0 Å². The number of ether oxygens (including phenoxy) is 1. The van der Waals surface area contributed by atoms with Gasteiger partial charge in [0, 0.05) is 12.8 Å². The predicted molar refractivity (Wildman–Crippen MR) is 333 cm³/mol. The molecule has 76 heavy (non-hydrogen) atoms. The molecule has 0 bridgehead atoms. The number of aliphatic hydroxyl groups is 2. The van der Waals surface area contributed by atoms with Gasteiger partial charge in [0.15, 0.2) is 0 Å². The van der Waals surface area contributed by atoms with Gasteiger partial charge in [-0.05, 0) is 77.0 Å². The van der Waals surface area contributed by atoms with E-state index in [2.05, 4.69) is 55.6 Å². The van der Waals surface area contributed by atoms with Crippen LogP contribution in [0.5, 0.6) is 0 Å². The fourth-order valence-electron chi connectivity index (χ4n) is 10.4. The third kappa shape index (κ3) is 61.0. The highest BCUT2D eigenvalue weighted by Crippen LogP contribution is 2.18. The fraction of sp³-hybridized carbons (Fsp3) is 0.857. The van der Waals surface area contributed by atoms with Crippen LogP contribution >= 0.6 is 0 Å². The van der Waals surface area contributed by atoms with Crippen LogP contribution in [0, 0.1) is 0 Å². The molecule has 6 nitrogen and oxygen atoms in total. The summed E-state index contributed by atoms with van der Waals surface area (Å²) in [6.45, 7) is 4.81. The lowest BCUT2D eigenvalue weighted by Crippen LogP contribution is -2.45. The van der Waals surface area contributed by atoms with Gasteiger partial charge in [0.05, 0.1) is 25.4 Å². The molecule has 0 saturated heterocycles. The molecule has 0 rings (SSSR count). The smallest absolute Gasteiger partial charge is 0.305 e. The third-order valence-corrected chi connectivity index (χ3v) is 15.6. The van der Waals surface area contributed by atoms with Crippen molar-refractivity contribution in [1.29, 1.82) is 0 Å². The van der Waals surface area contributed by atoms with Crippen LogP contribution in [-0.4, -0.2) is 47.4 Å². The van der Waals surface area contributed by atoms with Crippen LogP contribution in [0.1, 0.15) is 361 Å². The molecule has 3 N–H and O–H groups in total. The van der Waals surface area contributed by atoms with Crippen molar-refractivity contribution in [2.45, 2.75) is 373 Å². The fourth-order valence-corrected chi connectivity index (χ4v) is 10.4. The zero-order valence-electron chi connectivity index (χ0n) is 51.0. The number of rotatable bonds is 63. The van der Waals surface area contributed by atoms with Crippen LogP contribution in [0.25, 0.3) is 0 Å². The Morgan fingerprint density at radius 3 is 1.01 bits per heavy atom. The predicted octanol–water partition coefficient (Wildman–Crippen LogP) is 21.7. The molecule has 0 saturated carbocycles. The van der Waals surface area contributed by atoms with Gasteiger partial charge in [-0.3, -0.25) is 9.59 Å².